The molecule has 1 nitrogen and oxygen atoms in total. The SMILES string of the molecule is CCc1ccc(C2(N)CCCC2)cc1CC. The summed E-state index contributed by atoms with van der Waals surface area (Å²) in [6.07, 6.45) is 7.12. The fraction of sp³-hybridized carbons (Fsp3) is 0.600. The van der Waals surface area contributed by atoms with Gasteiger partial charge in [0, 0.05) is 5.54 Å². The largest absolute Gasteiger partial charge is 0.321 e. The van der Waals surface area contributed by atoms with Crippen molar-refractivity contribution in [2.45, 2.75) is 57.9 Å². The Hall–Kier alpha value is -0.820. The van der Waals surface area contributed by atoms with Crippen molar-refractivity contribution < 1.29 is 0 Å². The minimum Gasteiger partial charge on any atom is -0.321 e. The van der Waals surface area contributed by atoms with Crippen molar-refractivity contribution in [3.05, 3.63) is 34.9 Å². The molecule has 0 radical (unpaired) electrons. The van der Waals surface area contributed by atoms with E-state index >= 15 is 0 Å². The van der Waals surface area contributed by atoms with Crippen LogP contribution in [-0.2, 0) is 18.4 Å². The van der Waals surface area contributed by atoms with Crippen molar-refractivity contribution in [2.75, 3.05) is 0 Å². The number of nitrogens with two attached hydrogens (primary N) is 1. The molecule has 0 heterocycles. The predicted molar refractivity (Wildman–Crippen MR) is 69.5 cm³/mol. The van der Waals surface area contributed by atoms with Gasteiger partial charge in [-0.2, -0.15) is 0 Å². The molecule has 1 aliphatic carbocycles. The van der Waals surface area contributed by atoms with E-state index in [9.17, 15) is 0 Å². The van der Waals surface area contributed by atoms with Crippen molar-refractivity contribution in [3.8, 4) is 0 Å². The summed E-state index contributed by atoms with van der Waals surface area (Å²) in [7, 11) is 0. The van der Waals surface area contributed by atoms with Gasteiger partial charge in [0.25, 0.3) is 0 Å². The molecule has 0 aliphatic heterocycles. The van der Waals surface area contributed by atoms with Crippen LogP contribution in [-0.4, -0.2) is 0 Å². The summed E-state index contributed by atoms with van der Waals surface area (Å²) >= 11 is 0. The molecule has 1 aliphatic rings. The third-order valence-electron chi connectivity index (χ3n) is 4.04. The smallest absolute Gasteiger partial charge is 0.0409 e. The minimum absolute atomic E-state index is 0.0316. The van der Waals surface area contributed by atoms with Crippen molar-refractivity contribution in [1.82, 2.24) is 0 Å². The van der Waals surface area contributed by atoms with Crippen LogP contribution in [0.1, 0.15) is 56.2 Å². The van der Waals surface area contributed by atoms with Gasteiger partial charge >= 0.3 is 0 Å². The lowest BCUT2D eigenvalue weighted by atomic mass is 9.86. The second-order valence-corrected chi connectivity index (χ2v) is 5.05. The van der Waals surface area contributed by atoms with E-state index in [2.05, 4.69) is 32.0 Å². The first-order valence-corrected chi connectivity index (χ1v) is 6.61. The predicted octanol–water partition coefficient (Wildman–Crippen LogP) is 3.54. The van der Waals surface area contributed by atoms with Gasteiger partial charge in [-0.15, -0.1) is 0 Å². The molecule has 1 fully saturated rings. The van der Waals surface area contributed by atoms with E-state index in [-0.39, 0.29) is 5.54 Å². The first-order valence-electron chi connectivity index (χ1n) is 6.61. The van der Waals surface area contributed by atoms with Crippen LogP contribution in [0.4, 0.5) is 0 Å². The van der Waals surface area contributed by atoms with Gasteiger partial charge < -0.3 is 5.73 Å². The van der Waals surface area contributed by atoms with Crippen LogP contribution in [0.25, 0.3) is 0 Å². The van der Waals surface area contributed by atoms with Crippen LogP contribution < -0.4 is 5.73 Å². The molecule has 1 heteroatoms. The minimum atomic E-state index is -0.0316. The van der Waals surface area contributed by atoms with Gasteiger partial charge in [-0.25, -0.2) is 0 Å². The molecule has 2 N–H and O–H groups in total. The highest BCUT2D eigenvalue weighted by molar-refractivity contribution is 5.36. The van der Waals surface area contributed by atoms with Crippen LogP contribution in [0.15, 0.2) is 18.2 Å². The molecule has 0 unspecified atom stereocenters. The summed E-state index contributed by atoms with van der Waals surface area (Å²) in [6, 6.07) is 6.88. The Labute approximate surface area is 99.0 Å². The Morgan fingerprint density at radius 3 is 2.25 bits per heavy atom. The summed E-state index contributed by atoms with van der Waals surface area (Å²) < 4.78 is 0. The normalized spacial score (nSPS) is 18.9. The van der Waals surface area contributed by atoms with Gasteiger partial charge in [-0.1, -0.05) is 44.9 Å². The van der Waals surface area contributed by atoms with Crippen molar-refractivity contribution in [2.24, 2.45) is 5.73 Å². The summed E-state index contributed by atoms with van der Waals surface area (Å²) in [5, 5.41) is 0. The van der Waals surface area contributed by atoms with E-state index in [1.165, 1.54) is 29.5 Å². The fourth-order valence-corrected chi connectivity index (χ4v) is 2.90. The Balaban J connectivity index is 2.35. The molecule has 1 saturated carbocycles. The maximum atomic E-state index is 6.50. The van der Waals surface area contributed by atoms with Crippen LogP contribution in [0.2, 0.25) is 0 Å². The van der Waals surface area contributed by atoms with E-state index in [1.54, 1.807) is 0 Å². The second kappa shape index (κ2) is 4.58. The molecular formula is C15H23N. The van der Waals surface area contributed by atoms with Gasteiger partial charge in [0.05, 0.1) is 0 Å². The Morgan fingerprint density at radius 1 is 1.06 bits per heavy atom. The topological polar surface area (TPSA) is 26.0 Å². The first-order chi connectivity index (χ1) is 7.69. The van der Waals surface area contributed by atoms with E-state index in [1.807, 2.05) is 0 Å². The number of hydrogen-bond acceptors (Lipinski definition) is 1. The molecule has 0 spiro atoms. The average molecular weight is 217 g/mol. The second-order valence-electron chi connectivity index (χ2n) is 5.05. The highest BCUT2D eigenvalue weighted by Gasteiger charge is 2.31. The van der Waals surface area contributed by atoms with Gasteiger partial charge in [0.15, 0.2) is 0 Å². The fourth-order valence-electron chi connectivity index (χ4n) is 2.90. The molecule has 0 aromatic heterocycles. The number of benzene rings is 1. The summed E-state index contributed by atoms with van der Waals surface area (Å²) in [5.74, 6) is 0. The molecule has 88 valence electrons. The molecule has 0 saturated heterocycles. The van der Waals surface area contributed by atoms with Gasteiger partial charge in [0.1, 0.15) is 0 Å². The molecule has 0 amide bonds. The van der Waals surface area contributed by atoms with E-state index < -0.39 is 0 Å². The van der Waals surface area contributed by atoms with Gasteiger partial charge in [0.2, 0.25) is 0 Å². The lowest BCUT2D eigenvalue weighted by Crippen LogP contribution is -2.33. The Kier molecular flexibility index (Phi) is 3.34. The highest BCUT2D eigenvalue weighted by Crippen LogP contribution is 2.36. The summed E-state index contributed by atoms with van der Waals surface area (Å²) in [4.78, 5) is 0. The highest BCUT2D eigenvalue weighted by atomic mass is 14.8. The molecule has 0 bridgehead atoms. The molecular weight excluding hydrogens is 194 g/mol. The zero-order valence-electron chi connectivity index (χ0n) is 10.6. The zero-order valence-corrected chi connectivity index (χ0v) is 10.6. The van der Waals surface area contributed by atoms with Crippen LogP contribution in [0.5, 0.6) is 0 Å². The Morgan fingerprint density at radius 2 is 1.69 bits per heavy atom. The summed E-state index contributed by atoms with van der Waals surface area (Å²) in [6.45, 7) is 4.46. The molecule has 0 atom stereocenters. The number of hydrogen-bond donors (Lipinski definition) is 1. The Bertz CT molecular complexity index is 362. The lowest BCUT2D eigenvalue weighted by Gasteiger charge is -2.25. The van der Waals surface area contributed by atoms with Crippen LogP contribution in [0.3, 0.4) is 0 Å². The third-order valence-corrected chi connectivity index (χ3v) is 4.04. The molecule has 1 aromatic rings. The standard InChI is InChI=1S/C15H23N/c1-3-12-7-8-14(11-13(12)4-2)15(16)9-5-6-10-15/h7-8,11H,3-6,9-10,16H2,1-2H3. The van der Waals surface area contributed by atoms with Crippen molar-refractivity contribution >= 4 is 0 Å². The van der Waals surface area contributed by atoms with Crippen LogP contribution in [0, 0.1) is 0 Å². The maximum absolute atomic E-state index is 6.50. The van der Waals surface area contributed by atoms with Gasteiger partial charge in [-0.3, -0.25) is 0 Å². The van der Waals surface area contributed by atoms with E-state index in [0.717, 1.165) is 25.7 Å². The quantitative estimate of drug-likeness (QED) is 0.823. The first kappa shape index (κ1) is 11.7. The lowest BCUT2D eigenvalue weighted by molar-refractivity contribution is 0.461. The van der Waals surface area contributed by atoms with Crippen molar-refractivity contribution in [1.29, 1.82) is 0 Å². The average Bonchev–Trinajstić information content (AvgIpc) is 2.76. The van der Waals surface area contributed by atoms with Crippen molar-refractivity contribution in [3.63, 3.8) is 0 Å². The van der Waals surface area contributed by atoms with E-state index in [4.69, 9.17) is 5.73 Å². The molecule has 2 rings (SSSR count). The maximum Gasteiger partial charge on any atom is 0.0409 e. The number of rotatable bonds is 3. The molecule has 16 heavy (non-hydrogen) atoms. The summed E-state index contributed by atoms with van der Waals surface area (Å²) in [5.41, 5.74) is 10.8. The van der Waals surface area contributed by atoms with Gasteiger partial charge in [-0.05, 0) is 42.4 Å². The van der Waals surface area contributed by atoms with Crippen LogP contribution >= 0.6 is 0 Å². The molecule has 1 aromatic carbocycles. The zero-order chi connectivity index (χ0) is 11.6. The van der Waals surface area contributed by atoms with E-state index in [0.29, 0.717) is 0 Å². The monoisotopic (exact) mass is 217 g/mol. The number of aryl methyl sites for hydroxylation is 2. The third kappa shape index (κ3) is 2.01.